The van der Waals surface area contributed by atoms with Gasteiger partial charge in [-0.2, -0.15) is 4.31 Å². The molecule has 0 saturated carbocycles. The van der Waals surface area contributed by atoms with Gasteiger partial charge < -0.3 is 0 Å². The first kappa shape index (κ1) is 14.6. The third-order valence-electron chi connectivity index (χ3n) is 4.06. The van der Waals surface area contributed by atoms with Crippen molar-refractivity contribution in [3.05, 3.63) is 28.2 Å². The van der Waals surface area contributed by atoms with Crippen molar-refractivity contribution in [3.8, 4) is 0 Å². The molecule has 2 aliphatic rings. The third kappa shape index (κ3) is 2.57. The summed E-state index contributed by atoms with van der Waals surface area (Å²) in [6.45, 7) is 2.94. The standard InChI is InChI=1S/C13H16Cl2N2O2S/c14-10-3-4-12(15)13(8-10)20(18,19)17-7-6-16-5-1-2-11(16)9-17/h3-4,8,11H,1-2,5-7,9H2/t11-/m0/s1. The van der Waals surface area contributed by atoms with Crippen LogP contribution in [0.5, 0.6) is 0 Å². The molecule has 0 N–H and O–H groups in total. The lowest BCUT2D eigenvalue weighted by atomic mass is 10.2. The highest BCUT2D eigenvalue weighted by atomic mass is 35.5. The number of sulfonamides is 1. The smallest absolute Gasteiger partial charge is 0.244 e. The van der Waals surface area contributed by atoms with Gasteiger partial charge in [-0.15, -0.1) is 0 Å². The number of hydrogen-bond donors (Lipinski definition) is 0. The van der Waals surface area contributed by atoms with Crippen LogP contribution in [-0.2, 0) is 10.0 Å². The maximum atomic E-state index is 12.7. The molecular formula is C13H16Cl2N2O2S. The van der Waals surface area contributed by atoms with E-state index in [4.69, 9.17) is 23.2 Å². The lowest BCUT2D eigenvalue weighted by Crippen LogP contribution is -2.51. The van der Waals surface area contributed by atoms with E-state index in [1.165, 1.54) is 16.4 Å². The Morgan fingerprint density at radius 1 is 1.15 bits per heavy atom. The number of benzene rings is 1. The number of rotatable bonds is 2. The van der Waals surface area contributed by atoms with Crippen molar-refractivity contribution in [2.75, 3.05) is 26.2 Å². The molecule has 1 aromatic carbocycles. The van der Waals surface area contributed by atoms with Gasteiger partial charge in [-0.25, -0.2) is 8.42 Å². The summed E-state index contributed by atoms with van der Waals surface area (Å²) in [5.41, 5.74) is 0. The fraction of sp³-hybridized carbons (Fsp3) is 0.538. The van der Waals surface area contributed by atoms with Gasteiger partial charge in [0.15, 0.2) is 0 Å². The molecule has 2 fully saturated rings. The summed E-state index contributed by atoms with van der Waals surface area (Å²) in [7, 11) is -3.56. The van der Waals surface area contributed by atoms with Crippen LogP contribution < -0.4 is 0 Å². The van der Waals surface area contributed by atoms with E-state index in [2.05, 4.69) is 4.90 Å². The number of piperazine rings is 1. The van der Waals surface area contributed by atoms with E-state index >= 15 is 0 Å². The van der Waals surface area contributed by atoms with Crippen molar-refractivity contribution >= 4 is 33.2 Å². The lowest BCUT2D eigenvalue weighted by molar-refractivity contribution is 0.158. The first-order valence-corrected chi connectivity index (χ1v) is 8.87. The van der Waals surface area contributed by atoms with Gasteiger partial charge in [0.2, 0.25) is 10.0 Å². The van der Waals surface area contributed by atoms with Gasteiger partial charge >= 0.3 is 0 Å². The predicted molar refractivity (Wildman–Crippen MR) is 79.8 cm³/mol. The number of nitrogens with zero attached hydrogens (tertiary/aromatic N) is 2. The van der Waals surface area contributed by atoms with E-state index < -0.39 is 10.0 Å². The van der Waals surface area contributed by atoms with Gasteiger partial charge in [0.1, 0.15) is 4.90 Å². The Kier molecular flexibility index (Phi) is 3.99. The van der Waals surface area contributed by atoms with E-state index in [1.54, 1.807) is 6.07 Å². The molecular weight excluding hydrogens is 319 g/mol. The normalized spacial score (nSPS) is 24.8. The average molecular weight is 335 g/mol. The second-order valence-electron chi connectivity index (χ2n) is 5.27. The van der Waals surface area contributed by atoms with Crippen LogP contribution in [0, 0.1) is 0 Å². The summed E-state index contributed by atoms with van der Waals surface area (Å²) in [4.78, 5) is 2.48. The minimum absolute atomic E-state index is 0.109. The Morgan fingerprint density at radius 2 is 1.95 bits per heavy atom. The Morgan fingerprint density at radius 3 is 2.75 bits per heavy atom. The maximum Gasteiger partial charge on any atom is 0.244 e. The molecule has 3 rings (SSSR count). The predicted octanol–water partition coefficient (Wildman–Crippen LogP) is 2.46. The molecule has 110 valence electrons. The van der Waals surface area contributed by atoms with Gasteiger partial charge in [0.25, 0.3) is 0 Å². The fourth-order valence-corrected chi connectivity index (χ4v) is 5.20. The molecule has 2 heterocycles. The zero-order valence-corrected chi connectivity index (χ0v) is 13.3. The molecule has 2 aliphatic heterocycles. The first-order chi connectivity index (χ1) is 9.48. The minimum Gasteiger partial charge on any atom is -0.298 e. The van der Waals surface area contributed by atoms with Crippen molar-refractivity contribution in [2.45, 2.75) is 23.8 Å². The van der Waals surface area contributed by atoms with Gasteiger partial charge in [0, 0.05) is 30.7 Å². The van der Waals surface area contributed by atoms with Crippen molar-refractivity contribution in [1.29, 1.82) is 0 Å². The van der Waals surface area contributed by atoms with Crippen LogP contribution >= 0.6 is 23.2 Å². The minimum atomic E-state index is -3.56. The van der Waals surface area contributed by atoms with Crippen LogP contribution in [0.3, 0.4) is 0 Å². The van der Waals surface area contributed by atoms with Crippen molar-refractivity contribution in [3.63, 3.8) is 0 Å². The molecule has 0 bridgehead atoms. The summed E-state index contributed by atoms with van der Waals surface area (Å²) in [6, 6.07) is 4.90. The SMILES string of the molecule is O=S(=O)(c1cc(Cl)ccc1Cl)N1CCN2CCC[C@H]2C1. The molecule has 0 spiro atoms. The largest absolute Gasteiger partial charge is 0.298 e. The summed E-state index contributed by atoms with van der Waals surface area (Å²) in [6.07, 6.45) is 2.21. The fourth-order valence-electron chi connectivity index (χ4n) is 2.99. The van der Waals surface area contributed by atoms with Crippen LogP contribution in [0.25, 0.3) is 0 Å². The monoisotopic (exact) mass is 334 g/mol. The highest BCUT2D eigenvalue weighted by Gasteiger charge is 2.36. The molecule has 0 unspecified atom stereocenters. The second kappa shape index (κ2) is 5.46. The van der Waals surface area contributed by atoms with Crippen LogP contribution in [0.1, 0.15) is 12.8 Å². The van der Waals surface area contributed by atoms with Gasteiger partial charge in [0.05, 0.1) is 5.02 Å². The van der Waals surface area contributed by atoms with Crippen LogP contribution in [0.15, 0.2) is 23.1 Å². The van der Waals surface area contributed by atoms with Crippen LogP contribution in [0.4, 0.5) is 0 Å². The maximum absolute atomic E-state index is 12.7. The Hall–Kier alpha value is -0.330. The lowest BCUT2D eigenvalue weighted by Gasteiger charge is -2.36. The molecule has 2 saturated heterocycles. The molecule has 7 heteroatoms. The third-order valence-corrected chi connectivity index (χ3v) is 6.64. The quantitative estimate of drug-likeness (QED) is 0.834. The first-order valence-electron chi connectivity index (χ1n) is 6.68. The molecule has 0 aromatic heterocycles. The van der Waals surface area contributed by atoms with Gasteiger partial charge in [-0.3, -0.25) is 4.90 Å². The Bertz CT molecular complexity index is 621. The summed E-state index contributed by atoms with van der Waals surface area (Å²) < 4.78 is 27.0. The molecule has 0 radical (unpaired) electrons. The molecule has 20 heavy (non-hydrogen) atoms. The average Bonchev–Trinajstić information content (AvgIpc) is 2.88. The van der Waals surface area contributed by atoms with Crippen LogP contribution in [-0.4, -0.2) is 49.8 Å². The Labute approximate surface area is 129 Å². The number of fused-ring (bicyclic) bond motifs is 1. The summed E-state index contributed by atoms with van der Waals surface area (Å²) >= 11 is 11.9. The zero-order chi connectivity index (χ0) is 14.3. The molecule has 4 nitrogen and oxygen atoms in total. The van der Waals surface area contributed by atoms with E-state index in [9.17, 15) is 8.42 Å². The van der Waals surface area contributed by atoms with Crippen molar-refractivity contribution < 1.29 is 8.42 Å². The Balaban J connectivity index is 1.90. The van der Waals surface area contributed by atoms with E-state index in [0.29, 0.717) is 24.2 Å². The van der Waals surface area contributed by atoms with Crippen molar-refractivity contribution in [2.24, 2.45) is 0 Å². The molecule has 0 aliphatic carbocycles. The topological polar surface area (TPSA) is 40.6 Å². The molecule has 1 atom stereocenters. The number of hydrogen-bond acceptors (Lipinski definition) is 3. The summed E-state index contributed by atoms with van der Waals surface area (Å²) in [5, 5.41) is 0.607. The van der Waals surface area contributed by atoms with Gasteiger partial charge in [-0.1, -0.05) is 23.2 Å². The van der Waals surface area contributed by atoms with E-state index in [1.807, 2.05) is 0 Å². The van der Waals surface area contributed by atoms with Gasteiger partial charge in [-0.05, 0) is 37.6 Å². The second-order valence-corrected chi connectivity index (χ2v) is 8.02. The van der Waals surface area contributed by atoms with E-state index in [-0.39, 0.29) is 9.92 Å². The van der Waals surface area contributed by atoms with Crippen LogP contribution in [0.2, 0.25) is 10.0 Å². The number of halogens is 2. The van der Waals surface area contributed by atoms with Crippen molar-refractivity contribution in [1.82, 2.24) is 9.21 Å². The summed E-state index contributed by atoms with van der Waals surface area (Å²) in [5.74, 6) is 0. The molecule has 0 amide bonds. The zero-order valence-electron chi connectivity index (χ0n) is 10.9. The molecule has 1 aromatic rings. The van der Waals surface area contributed by atoms with E-state index in [0.717, 1.165) is 25.9 Å². The highest BCUT2D eigenvalue weighted by Crippen LogP contribution is 2.30. The highest BCUT2D eigenvalue weighted by molar-refractivity contribution is 7.89.